The Balaban J connectivity index is 1.56. The van der Waals surface area contributed by atoms with Crippen molar-refractivity contribution in [3.63, 3.8) is 0 Å². The molecule has 1 aromatic carbocycles. The van der Waals surface area contributed by atoms with Gasteiger partial charge < -0.3 is 9.64 Å². The molecule has 0 saturated carbocycles. The molecule has 124 valence electrons. The standard InChI is InChI=1S/C16H21N3O4/c1-16(2,3)23-15(20)18-9-14(10-18)17-7-11-4-5-13(19(21)22)6-12(11)8-17/h4-6,14H,7-10H2,1-3H3. The number of amides is 1. The van der Waals surface area contributed by atoms with Gasteiger partial charge in [-0.05, 0) is 31.9 Å². The van der Waals surface area contributed by atoms with Crippen molar-refractivity contribution in [3.05, 3.63) is 39.4 Å². The lowest BCUT2D eigenvalue weighted by Gasteiger charge is -2.44. The Kier molecular flexibility index (Phi) is 3.75. The van der Waals surface area contributed by atoms with Crippen LogP contribution >= 0.6 is 0 Å². The number of hydrogen-bond donors (Lipinski definition) is 0. The Hall–Kier alpha value is -2.15. The number of hydrogen-bond acceptors (Lipinski definition) is 5. The summed E-state index contributed by atoms with van der Waals surface area (Å²) >= 11 is 0. The second-order valence-corrected chi connectivity index (χ2v) is 7.15. The molecular formula is C16H21N3O4. The predicted molar refractivity (Wildman–Crippen MR) is 83.9 cm³/mol. The molecule has 1 saturated heterocycles. The molecule has 2 aliphatic rings. The fourth-order valence-electron chi connectivity index (χ4n) is 2.94. The van der Waals surface area contributed by atoms with Crippen molar-refractivity contribution >= 4 is 11.8 Å². The van der Waals surface area contributed by atoms with Crippen LogP contribution in [0.3, 0.4) is 0 Å². The zero-order valence-electron chi connectivity index (χ0n) is 13.6. The normalized spacial score (nSPS) is 18.5. The molecule has 0 aromatic heterocycles. The van der Waals surface area contributed by atoms with Gasteiger partial charge in [0.25, 0.3) is 5.69 Å². The molecule has 2 aliphatic heterocycles. The van der Waals surface area contributed by atoms with E-state index in [1.54, 1.807) is 17.0 Å². The molecule has 0 unspecified atom stereocenters. The molecule has 0 atom stereocenters. The van der Waals surface area contributed by atoms with Gasteiger partial charge in [-0.2, -0.15) is 0 Å². The van der Waals surface area contributed by atoms with E-state index in [4.69, 9.17) is 4.74 Å². The van der Waals surface area contributed by atoms with Crippen molar-refractivity contribution < 1.29 is 14.5 Å². The third-order valence-electron chi connectivity index (χ3n) is 4.18. The minimum absolute atomic E-state index is 0.134. The maximum absolute atomic E-state index is 11.9. The molecule has 7 heteroatoms. The van der Waals surface area contributed by atoms with Crippen LogP contribution in [0, 0.1) is 10.1 Å². The van der Waals surface area contributed by atoms with E-state index in [1.807, 2.05) is 26.8 Å². The summed E-state index contributed by atoms with van der Waals surface area (Å²) in [5.74, 6) is 0. The van der Waals surface area contributed by atoms with E-state index in [9.17, 15) is 14.9 Å². The highest BCUT2D eigenvalue weighted by Crippen LogP contribution is 2.30. The number of benzene rings is 1. The second-order valence-electron chi connectivity index (χ2n) is 7.15. The smallest absolute Gasteiger partial charge is 0.410 e. The first-order valence-corrected chi connectivity index (χ1v) is 7.71. The van der Waals surface area contributed by atoms with Gasteiger partial charge in [-0.1, -0.05) is 6.07 Å². The van der Waals surface area contributed by atoms with Crippen molar-refractivity contribution in [2.75, 3.05) is 13.1 Å². The van der Waals surface area contributed by atoms with E-state index in [2.05, 4.69) is 4.90 Å². The van der Waals surface area contributed by atoms with Gasteiger partial charge in [0.1, 0.15) is 5.60 Å². The molecule has 7 nitrogen and oxygen atoms in total. The van der Waals surface area contributed by atoms with Crippen molar-refractivity contribution in [3.8, 4) is 0 Å². The molecule has 1 aromatic rings. The highest BCUT2D eigenvalue weighted by molar-refractivity contribution is 5.69. The van der Waals surface area contributed by atoms with Gasteiger partial charge in [0.2, 0.25) is 0 Å². The van der Waals surface area contributed by atoms with E-state index in [0.29, 0.717) is 19.6 Å². The van der Waals surface area contributed by atoms with Crippen molar-refractivity contribution in [1.29, 1.82) is 0 Å². The molecule has 0 N–H and O–H groups in total. The molecule has 3 rings (SSSR count). The summed E-state index contributed by atoms with van der Waals surface area (Å²) in [5, 5.41) is 10.8. The van der Waals surface area contributed by atoms with Gasteiger partial charge in [0, 0.05) is 44.4 Å². The van der Waals surface area contributed by atoms with Crippen molar-refractivity contribution in [1.82, 2.24) is 9.80 Å². The van der Waals surface area contributed by atoms with Crippen LogP contribution in [0.2, 0.25) is 0 Å². The van der Waals surface area contributed by atoms with E-state index in [-0.39, 0.29) is 22.7 Å². The summed E-state index contributed by atoms with van der Waals surface area (Å²) in [5.41, 5.74) is 1.79. The van der Waals surface area contributed by atoms with Gasteiger partial charge >= 0.3 is 6.09 Å². The maximum Gasteiger partial charge on any atom is 0.410 e. The number of rotatable bonds is 2. The van der Waals surface area contributed by atoms with Crippen LogP contribution in [0.25, 0.3) is 0 Å². The van der Waals surface area contributed by atoms with Crippen LogP contribution in [-0.2, 0) is 17.8 Å². The monoisotopic (exact) mass is 319 g/mol. The summed E-state index contributed by atoms with van der Waals surface area (Å²) in [4.78, 5) is 26.4. The van der Waals surface area contributed by atoms with Crippen LogP contribution in [0.15, 0.2) is 18.2 Å². The van der Waals surface area contributed by atoms with E-state index >= 15 is 0 Å². The number of likely N-dealkylation sites (tertiary alicyclic amines) is 1. The number of nitro benzene ring substituents is 1. The van der Waals surface area contributed by atoms with Crippen LogP contribution in [0.4, 0.5) is 10.5 Å². The summed E-state index contributed by atoms with van der Waals surface area (Å²) in [6.45, 7) is 8.32. The Morgan fingerprint density at radius 2 is 1.91 bits per heavy atom. The van der Waals surface area contributed by atoms with E-state index in [1.165, 1.54) is 0 Å². The van der Waals surface area contributed by atoms with Crippen molar-refractivity contribution in [2.45, 2.75) is 45.5 Å². The quantitative estimate of drug-likeness (QED) is 0.618. The fourth-order valence-corrected chi connectivity index (χ4v) is 2.94. The van der Waals surface area contributed by atoms with Gasteiger partial charge in [-0.15, -0.1) is 0 Å². The minimum atomic E-state index is -0.481. The number of nitrogens with zero attached hydrogens (tertiary/aromatic N) is 3. The topological polar surface area (TPSA) is 75.9 Å². The van der Waals surface area contributed by atoms with Gasteiger partial charge in [-0.25, -0.2) is 4.79 Å². The first kappa shape index (κ1) is 15.7. The number of ether oxygens (including phenoxy) is 1. The molecular weight excluding hydrogens is 298 g/mol. The van der Waals surface area contributed by atoms with Crippen LogP contribution in [-0.4, -0.2) is 45.5 Å². The van der Waals surface area contributed by atoms with Gasteiger partial charge in [0.15, 0.2) is 0 Å². The van der Waals surface area contributed by atoms with E-state index < -0.39 is 5.60 Å². The average molecular weight is 319 g/mol. The lowest BCUT2D eigenvalue weighted by atomic mass is 10.1. The molecule has 2 heterocycles. The first-order valence-electron chi connectivity index (χ1n) is 7.71. The fraction of sp³-hybridized carbons (Fsp3) is 0.562. The minimum Gasteiger partial charge on any atom is -0.444 e. The van der Waals surface area contributed by atoms with Crippen molar-refractivity contribution in [2.24, 2.45) is 0 Å². The third kappa shape index (κ3) is 3.29. The molecule has 1 fully saturated rings. The number of fused-ring (bicyclic) bond motifs is 1. The van der Waals surface area contributed by atoms with Crippen LogP contribution in [0.1, 0.15) is 31.9 Å². The Bertz CT molecular complexity index is 647. The van der Waals surface area contributed by atoms with E-state index in [0.717, 1.165) is 17.7 Å². The number of carbonyl (C=O) groups excluding carboxylic acids is 1. The highest BCUT2D eigenvalue weighted by atomic mass is 16.6. The molecule has 0 spiro atoms. The number of non-ortho nitro benzene ring substituents is 1. The van der Waals surface area contributed by atoms with Crippen LogP contribution < -0.4 is 0 Å². The molecule has 0 bridgehead atoms. The van der Waals surface area contributed by atoms with Crippen LogP contribution in [0.5, 0.6) is 0 Å². The zero-order chi connectivity index (χ0) is 16.8. The largest absolute Gasteiger partial charge is 0.444 e. The Morgan fingerprint density at radius 1 is 1.26 bits per heavy atom. The number of nitro groups is 1. The molecule has 23 heavy (non-hydrogen) atoms. The van der Waals surface area contributed by atoms with Gasteiger partial charge in [0.05, 0.1) is 4.92 Å². The van der Waals surface area contributed by atoms with Gasteiger partial charge in [-0.3, -0.25) is 15.0 Å². The Morgan fingerprint density at radius 3 is 2.52 bits per heavy atom. The Labute approximate surface area is 135 Å². The lowest BCUT2D eigenvalue weighted by Crippen LogP contribution is -2.60. The first-order chi connectivity index (χ1) is 10.7. The lowest BCUT2D eigenvalue weighted by molar-refractivity contribution is -0.384. The average Bonchev–Trinajstić information content (AvgIpc) is 2.76. The SMILES string of the molecule is CC(C)(C)OC(=O)N1CC(N2Cc3ccc([N+](=O)[O-])cc3C2)C1. The predicted octanol–water partition coefficient (Wildman–Crippen LogP) is 2.53. The summed E-state index contributed by atoms with van der Waals surface area (Å²) in [6, 6.07) is 5.32. The summed E-state index contributed by atoms with van der Waals surface area (Å²) in [6.07, 6.45) is -0.277. The molecule has 0 aliphatic carbocycles. The molecule has 0 radical (unpaired) electrons. The third-order valence-corrected chi connectivity index (χ3v) is 4.18. The second kappa shape index (κ2) is 5.49. The summed E-state index contributed by atoms with van der Waals surface area (Å²) < 4.78 is 5.35. The molecule has 1 amide bonds. The maximum atomic E-state index is 11.9. The zero-order valence-corrected chi connectivity index (χ0v) is 13.6. The number of carbonyl (C=O) groups is 1. The summed E-state index contributed by atoms with van der Waals surface area (Å²) in [7, 11) is 0. The highest BCUT2D eigenvalue weighted by Gasteiger charge is 2.39.